The van der Waals surface area contributed by atoms with Crippen LogP contribution in [0.5, 0.6) is 0 Å². The first kappa shape index (κ1) is 15.7. The van der Waals surface area contributed by atoms with Gasteiger partial charge in [0.05, 0.1) is 5.56 Å². The molecule has 0 radical (unpaired) electrons. The highest BCUT2D eigenvalue weighted by Gasteiger charge is 2.44. The first-order valence-corrected chi connectivity index (χ1v) is 8.62. The maximum atomic E-state index is 12.5. The number of thiophene rings is 1. The highest BCUT2D eigenvalue weighted by molar-refractivity contribution is 7.16. The van der Waals surface area contributed by atoms with Crippen molar-refractivity contribution >= 4 is 28.2 Å². The molecule has 2 aromatic rings. The van der Waals surface area contributed by atoms with E-state index in [4.69, 9.17) is 5.73 Å². The molecule has 1 aromatic carbocycles. The molecule has 0 unspecified atom stereocenters. The zero-order valence-electron chi connectivity index (χ0n) is 13.3. The molecular formula is C18H20N2O2S. The normalized spacial score (nSPS) is 19.4. The molecule has 2 amide bonds. The number of benzene rings is 1. The molecule has 0 saturated heterocycles. The molecule has 3 N–H and O–H groups in total. The van der Waals surface area contributed by atoms with Crippen molar-refractivity contribution < 1.29 is 9.59 Å². The van der Waals surface area contributed by atoms with Gasteiger partial charge in [-0.05, 0) is 36.8 Å². The minimum absolute atomic E-state index is 0.0226. The lowest BCUT2D eigenvalue weighted by atomic mass is 10.1. The van der Waals surface area contributed by atoms with E-state index in [1.54, 1.807) is 0 Å². The van der Waals surface area contributed by atoms with Crippen molar-refractivity contribution in [2.75, 3.05) is 5.32 Å². The van der Waals surface area contributed by atoms with Crippen molar-refractivity contribution in [2.45, 2.75) is 32.6 Å². The van der Waals surface area contributed by atoms with E-state index in [-0.39, 0.29) is 17.7 Å². The van der Waals surface area contributed by atoms with Crippen molar-refractivity contribution in [3.63, 3.8) is 0 Å². The van der Waals surface area contributed by atoms with Gasteiger partial charge in [0.25, 0.3) is 5.91 Å². The molecule has 1 aliphatic carbocycles. The molecule has 120 valence electrons. The number of carbonyl (C=O) groups is 2. The number of hydrogen-bond acceptors (Lipinski definition) is 3. The highest BCUT2D eigenvalue weighted by Crippen LogP contribution is 2.48. The molecule has 1 saturated carbocycles. The van der Waals surface area contributed by atoms with Gasteiger partial charge in [-0.3, -0.25) is 9.59 Å². The van der Waals surface area contributed by atoms with Crippen LogP contribution in [0, 0.1) is 12.8 Å². The zero-order chi connectivity index (χ0) is 16.6. The number of primary amides is 1. The predicted octanol–water partition coefficient (Wildman–Crippen LogP) is 3.46. The summed E-state index contributed by atoms with van der Waals surface area (Å²) in [4.78, 5) is 25.3. The Hall–Kier alpha value is -2.14. The third-order valence-electron chi connectivity index (χ3n) is 4.40. The molecule has 1 aromatic heterocycles. The monoisotopic (exact) mass is 328 g/mol. The van der Waals surface area contributed by atoms with Gasteiger partial charge in [0.15, 0.2) is 0 Å². The average Bonchev–Trinajstić information content (AvgIpc) is 3.27. The van der Waals surface area contributed by atoms with Gasteiger partial charge in [-0.15, -0.1) is 11.3 Å². The highest BCUT2D eigenvalue weighted by atomic mass is 32.1. The molecule has 1 fully saturated rings. The Morgan fingerprint density at radius 2 is 2.00 bits per heavy atom. The molecule has 0 spiro atoms. The fourth-order valence-electron chi connectivity index (χ4n) is 3.11. The third kappa shape index (κ3) is 3.01. The van der Waals surface area contributed by atoms with E-state index < -0.39 is 5.91 Å². The van der Waals surface area contributed by atoms with Crippen LogP contribution in [0.3, 0.4) is 0 Å². The van der Waals surface area contributed by atoms with Crippen LogP contribution in [-0.4, -0.2) is 11.8 Å². The number of hydrogen-bond donors (Lipinski definition) is 2. The average molecular weight is 328 g/mol. The number of nitrogens with two attached hydrogens (primary N) is 1. The van der Waals surface area contributed by atoms with Crippen molar-refractivity contribution in [1.29, 1.82) is 0 Å². The second-order valence-corrected chi connectivity index (χ2v) is 7.13. The Bertz CT molecular complexity index is 752. The summed E-state index contributed by atoms with van der Waals surface area (Å²) in [6, 6.07) is 10.1. The summed E-state index contributed by atoms with van der Waals surface area (Å²) in [5, 5.41) is 3.52. The van der Waals surface area contributed by atoms with Crippen LogP contribution >= 0.6 is 11.3 Å². The first-order chi connectivity index (χ1) is 11.0. The van der Waals surface area contributed by atoms with Gasteiger partial charge in [-0.2, -0.15) is 0 Å². The molecule has 1 heterocycles. The molecule has 5 heteroatoms. The van der Waals surface area contributed by atoms with Crippen molar-refractivity contribution in [1.82, 2.24) is 0 Å². The van der Waals surface area contributed by atoms with Crippen molar-refractivity contribution in [3.8, 4) is 0 Å². The Labute approximate surface area is 139 Å². The van der Waals surface area contributed by atoms with Gasteiger partial charge in [0, 0.05) is 10.8 Å². The molecule has 2 atom stereocenters. The summed E-state index contributed by atoms with van der Waals surface area (Å²) in [7, 11) is 0. The summed E-state index contributed by atoms with van der Waals surface area (Å²) < 4.78 is 0. The standard InChI is InChI=1S/C18H20N2O2S/c1-3-12-10(2)23-18(15(12)16(19)21)20-17(22)14-9-13(14)11-7-5-4-6-8-11/h4-8,13-14H,3,9H2,1-2H3,(H2,19,21)(H,20,22)/t13-,14-/m1/s1. The van der Waals surface area contributed by atoms with Crippen molar-refractivity contribution in [2.24, 2.45) is 11.7 Å². The van der Waals surface area contributed by atoms with E-state index in [0.29, 0.717) is 10.6 Å². The summed E-state index contributed by atoms with van der Waals surface area (Å²) in [5.41, 5.74) is 8.11. The fourth-order valence-corrected chi connectivity index (χ4v) is 4.26. The van der Waals surface area contributed by atoms with Crippen LogP contribution in [-0.2, 0) is 11.2 Å². The van der Waals surface area contributed by atoms with Crippen LogP contribution in [0.15, 0.2) is 30.3 Å². The maximum Gasteiger partial charge on any atom is 0.251 e. The second-order valence-electron chi connectivity index (χ2n) is 5.91. The molecule has 3 rings (SSSR count). The Balaban J connectivity index is 1.76. The number of amides is 2. The zero-order valence-corrected chi connectivity index (χ0v) is 14.1. The van der Waals surface area contributed by atoms with Crippen LogP contribution in [0.2, 0.25) is 0 Å². The van der Waals surface area contributed by atoms with Crippen LogP contribution in [0.1, 0.15) is 45.6 Å². The van der Waals surface area contributed by atoms with E-state index in [2.05, 4.69) is 17.4 Å². The second kappa shape index (κ2) is 6.16. The van der Waals surface area contributed by atoms with E-state index in [1.807, 2.05) is 32.0 Å². The number of anilines is 1. The molecule has 0 aliphatic heterocycles. The summed E-state index contributed by atoms with van der Waals surface area (Å²) >= 11 is 1.43. The van der Waals surface area contributed by atoms with Gasteiger partial charge in [-0.25, -0.2) is 0 Å². The van der Waals surface area contributed by atoms with Gasteiger partial charge < -0.3 is 11.1 Å². The lowest BCUT2D eigenvalue weighted by Gasteiger charge is -2.06. The number of carbonyl (C=O) groups excluding carboxylic acids is 2. The molecule has 4 nitrogen and oxygen atoms in total. The van der Waals surface area contributed by atoms with E-state index in [1.165, 1.54) is 16.9 Å². The fraction of sp³-hybridized carbons (Fsp3) is 0.333. The summed E-state index contributed by atoms with van der Waals surface area (Å²) in [6.45, 7) is 3.94. The molecular weight excluding hydrogens is 308 g/mol. The van der Waals surface area contributed by atoms with E-state index in [9.17, 15) is 9.59 Å². The number of nitrogens with one attached hydrogen (secondary N) is 1. The van der Waals surface area contributed by atoms with Crippen molar-refractivity contribution in [3.05, 3.63) is 51.9 Å². The lowest BCUT2D eigenvalue weighted by molar-refractivity contribution is -0.117. The lowest BCUT2D eigenvalue weighted by Crippen LogP contribution is -2.19. The molecule has 23 heavy (non-hydrogen) atoms. The Morgan fingerprint density at radius 3 is 2.61 bits per heavy atom. The topological polar surface area (TPSA) is 72.2 Å². The Kier molecular flexibility index (Phi) is 4.22. The number of aryl methyl sites for hydroxylation is 1. The van der Waals surface area contributed by atoms with E-state index in [0.717, 1.165) is 23.3 Å². The largest absolute Gasteiger partial charge is 0.365 e. The van der Waals surface area contributed by atoms with Gasteiger partial charge >= 0.3 is 0 Å². The van der Waals surface area contributed by atoms with Gasteiger partial charge in [-0.1, -0.05) is 37.3 Å². The van der Waals surface area contributed by atoms with Crippen LogP contribution < -0.4 is 11.1 Å². The first-order valence-electron chi connectivity index (χ1n) is 7.80. The quantitative estimate of drug-likeness (QED) is 0.882. The minimum atomic E-state index is -0.475. The number of rotatable bonds is 5. The summed E-state index contributed by atoms with van der Waals surface area (Å²) in [5.74, 6) is -0.243. The minimum Gasteiger partial charge on any atom is -0.365 e. The molecule has 0 bridgehead atoms. The Morgan fingerprint density at radius 1 is 1.30 bits per heavy atom. The van der Waals surface area contributed by atoms with Crippen LogP contribution in [0.4, 0.5) is 5.00 Å². The third-order valence-corrected chi connectivity index (χ3v) is 5.46. The van der Waals surface area contributed by atoms with Gasteiger partial charge in [0.2, 0.25) is 5.91 Å². The van der Waals surface area contributed by atoms with E-state index >= 15 is 0 Å². The smallest absolute Gasteiger partial charge is 0.251 e. The summed E-state index contributed by atoms with van der Waals surface area (Å²) in [6.07, 6.45) is 1.58. The predicted molar refractivity (Wildman–Crippen MR) is 92.9 cm³/mol. The SMILES string of the molecule is CCc1c(C)sc(NC(=O)[C@@H]2C[C@@H]2c2ccccc2)c1C(N)=O. The maximum absolute atomic E-state index is 12.5. The van der Waals surface area contributed by atoms with Crippen LogP contribution in [0.25, 0.3) is 0 Å². The van der Waals surface area contributed by atoms with Gasteiger partial charge in [0.1, 0.15) is 5.00 Å². The molecule has 1 aliphatic rings.